The van der Waals surface area contributed by atoms with Crippen LogP contribution in [0, 0.1) is 5.92 Å². The third-order valence-electron chi connectivity index (χ3n) is 3.95. The predicted octanol–water partition coefficient (Wildman–Crippen LogP) is 0.965. The largest absolute Gasteiger partial charge is 0.341 e. The van der Waals surface area contributed by atoms with Gasteiger partial charge in [-0.1, -0.05) is 26.0 Å². The summed E-state index contributed by atoms with van der Waals surface area (Å²) in [4.78, 5) is 25.7. The zero-order valence-electron chi connectivity index (χ0n) is 13.4. The standard InChI is InChI=1S/C16H22N2O4S/c1-3-17-23(21,22)14-6-4-13(5-7-14)10-16(20)18-9-8-15(19)12(2)11-18/h4-7,12,17H,3,8-11H2,1-2H3. The Morgan fingerprint density at radius 2 is 1.96 bits per heavy atom. The van der Waals surface area contributed by atoms with E-state index in [4.69, 9.17) is 0 Å². The second-order valence-corrected chi connectivity index (χ2v) is 7.55. The van der Waals surface area contributed by atoms with E-state index in [-0.39, 0.29) is 28.9 Å². The molecule has 1 atom stereocenters. The van der Waals surface area contributed by atoms with E-state index in [9.17, 15) is 18.0 Å². The smallest absolute Gasteiger partial charge is 0.240 e. The Balaban J connectivity index is 2.01. The van der Waals surface area contributed by atoms with E-state index in [1.54, 1.807) is 24.0 Å². The molecule has 23 heavy (non-hydrogen) atoms. The summed E-state index contributed by atoms with van der Waals surface area (Å²) in [6.45, 7) is 4.81. The van der Waals surface area contributed by atoms with Crippen molar-refractivity contribution in [1.82, 2.24) is 9.62 Å². The molecule has 1 aromatic carbocycles. The SMILES string of the molecule is CCNS(=O)(=O)c1ccc(CC(=O)N2CCC(=O)C(C)C2)cc1. The highest BCUT2D eigenvalue weighted by Crippen LogP contribution is 2.15. The van der Waals surface area contributed by atoms with Crippen LogP contribution in [0.25, 0.3) is 0 Å². The van der Waals surface area contributed by atoms with E-state index in [1.807, 2.05) is 6.92 Å². The molecule has 1 aromatic rings. The summed E-state index contributed by atoms with van der Waals surface area (Å²) in [6, 6.07) is 6.31. The lowest BCUT2D eigenvalue weighted by Crippen LogP contribution is -2.43. The van der Waals surface area contributed by atoms with Gasteiger partial charge in [0.2, 0.25) is 15.9 Å². The Bertz CT molecular complexity index is 683. The Kier molecular flexibility index (Phi) is 5.54. The third-order valence-corrected chi connectivity index (χ3v) is 5.51. The topological polar surface area (TPSA) is 83.6 Å². The number of rotatable bonds is 5. The van der Waals surface area contributed by atoms with Crippen LogP contribution in [0.4, 0.5) is 0 Å². The van der Waals surface area contributed by atoms with Crippen LogP contribution in [-0.4, -0.2) is 44.6 Å². The number of amides is 1. The van der Waals surface area contributed by atoms with Gasteiger partial charge in [-0.25, -0.2) is 13.1 Å². The molecule has 1 heterocycles. The average molecular weight is 338 g/mol. The highest BCUT2D eigenvalue weighted by Gasteiger charge is 2.26. The van der Waals surface area contributed by atoms with Crippen molar-refractivity contribution < 1.29 is 18.0 Å². The van der Waals surface area contributed by atoms with E-state index in [0.717, 1.165) is 5.56 Å². The van der Waals surface area contributed by atoms with E-state index >= 15 is 0 Å². The molecular weight excluding hydrogens is 316 g/mol. The summed E-state index contributed by atoms with van der Waals surface area (Å²) in [7, 11) is -3.47. The van der Waals surface area contributed by atoms with Gasteiger partial charge < -0.3 is 4.90 Å². The van der Waals surface area contributed by atoms with Gasteiger partial charge in [0.1, 0.15) is 5.78 Å². The number of ketones is 1. The number of carbonyl (C=O) groups excluding carboxylic acids is 2. The quantitative estimate of drug-likeness (QED) is 0.867. The Morgan fingerprint density at radius 1 is 1.30 bits per heavy atom. The molecule has 126 valence electrons. The van der Waals surface area contributed by atoms with Gasteiger partial charge in [0.05, 0.1) is 11.3 Å². The van der Waals surface area contributed by atoms with Gasteiger partial charge in [-0.3, -0.25) is 9.59 Å². The molecule has 1 saturated heterocycles. The zero-order valence-corrected chi connectivity index (χ0v) is 14.2. The first kappa shape index (κ1) is 17.6. The van der Waals surface area contributed by atoms with E-state index in [0.29, 0.717) is 26.1 Å². The summed E-state index contributed by atoms with van der Waals surface area (Å²) in [6.07, 6.45) is 0.620. The lowest BCUT2D eigenvalue weighted by atomic mass is 9.98. The third kappa shape index (κ3) is 4.39. The highest BCUT2D eigenvalue weighted by molar-refractivity contribution is 7.89. The Labute approximate surface area is 136 Å². The molecule has 0 saturated carbocycles. The molecular formula is C16H22N2O4S. The number of carbonyl (C=O) groups is 2. The van der Waals surface area contributed by atoms with Crippen molar-refractivity contribution in [1.29, 1.82) is 0 Å². The van der Waals surface area contributed by atoms with E-state index < -0.39 is 10.0 Å². The number of hydrogen-bond acceptors (Lipinski definition) is 4. The molecule has 0 aromatic heterocycles. The highest BCUT2D eigenvalue weighted by atomic mass is 32.2. The van der Waals surface area contributed by atoms with Gasteiger partial charge in [0, 0.05) is 32.0 Å². The van der Waals surface area contributed by atoms with Crippen LogP contribution in [0.3, 0.4) is 0 Å². The van der Waals surface area contributed by atoms with Gasteiger partial charge >= 0.3 is 0 Å². The Hall–Kier alpha value is -1.73. The first-order valence-corrected chi connectivity index (χ1v) is 9.21. The van der Waals surface area contributed by atoms with Crippen molar-refractivity contribution in [2.45, 2.75) is 31.6 Å². The van der Waals surface area contributed by atoms with Gasteiger partial charge in [-0.05, 0) is 17.7 Å². The number of hydrogen-bond donors (Lipinski definition) is 1. The number of nitrogens with one attached hydrogen (secondary N) is 1. The van der Waals surface area contributed by atoms with Crippen LogP contribution in [-0.2, 0) is 26.0 Å². The molecule has 0 spiro atoms. The fourth-order valence-electron chi connectivity index (χ4n) is 2.59. The van der Waals surface area contributed by atoms with Crippen LogP contribution in [0.2, 0.25) is 0 Å². The molecule has 1 aliphatic rings. The van der Waals surface area contributed by atoms with Gasteiger partial charge in [-0.15, -0.1) is 0 Å². The van der Waals surface area contributed by atoms with Crippen molar-refractivity contribution >= 4 is 21.7 Å². The minimum Gasteiger partial charge on any atom is -0.341 e. The lowest BCUT2D eigenvalue weighted by Gasteiger charge is -2.30. The molecule has 1 fully saturated rings. The van der Waals surface area contributed by atoms with Crippen molar-refractivity contribution in [3.63, 3.8) is 0 Å². The van der Waals surface area contributed by atoms with Gasteiger partial charge in [0.15, 0.2) is 0 Å². The first-order valence-electron chi connectivity index (χ1n) is 7.72. The second kappa shape index (κ2) is 7.23. The fraction of sp³-hybridized carbons (Fsp3) is 0.500. The monoisotopic (exact) mass is 338 g/mol. The summed E-state index contributed by atoms with van der Waals surface area (Å²) in [5.74, 6) is 0.0546. The summed E-state index contributed by atoms with van der Waals surface area (Å²) < 4.78 is 26.1. The normalized spacial score (nSPS) is 19.0. The fourth-order valence-corrected chi connectivity index (χ4v) is 3.63. The summed E-state index contributed by atoms with van der Waals surface area (Å²) in [5.41, 5.74) is 0.759. The maximum atomic E-state index is 12.3. The molecule has 7 heteroatoms. The lowest BCUT2D eigenvalue weighted by molar-refractivity contribution is -0.136. The number of Topliss-reactive ketones (excluding diaryl/α,β-unsaturated/α-hetero) is 1. The van der Waals surface area contributed by atoms with Crippen molar-refractivity contribution in [2.24, 2.45) is 5.92 Å². The number of benzene rings is 1. The molecule has 0 aliphatic carbocycles. The molecule has 6 nitrogen and oxygen atoms in total. The average Bonchev–Trinajstić information content (AvgIpc) is 2.50. The number of nitrogens with zero attached hydrogens (tertiary/aromatic N) is 1. The molecule has 2 rings (SSSR count). The van der Waals surface area contributed by atoms with E-state index in [1.165, 1.54) is 12.1 Å². The summed E-state index contributed by atoms with van der Waals surface area (Å²) >= 11 is 0. The maximum absolute atomic E-state index is 12.3. The minimum atomic E-state index is -3.47. The van der Waals surface area contributed by atoms with Gasteiger partial charge in [0.25, 0.3) is 0 Å². The molecule has 1 amide bonds. The molecule has 1 unspecified atom stereocenters. The molecule has 1 N–H and O–H groups in total. The van der Waals surface area contributed by atoms with Crippen molar-refractivity contribution in [2.75, 3.05) is 19.6 Å². The van der Waals surface area contributed by atoms with Gasteiger partial charge in [-0.2, -0.15) is 0 Å². The zero-order chi connectivity index (χ0) is 17.0. The maximum Gasteiger partial charge on any atom is 0.240 e. The molecule has 1 aliphatic heterocycles. The summed E-state index contributed by atoms with van der Waals surface area (Å²) in [5, 5.41) is 0. The van der Waals surface area contributed by atoms with Crippen LogP contribution in [0.5, 0.6) is 0 Å². The Morgan fingerprint density at radius 3 is 2.52 bits per heavy atom. The van der Waals surface area contributed by atoms with Crippen LogP contribution >= 0.6 is 0 Å². The van der Waals surface area contributed by atoms with E-state index in [2.05, 4.69) is 4.72 Å². The minimum absolute atomic E-state index is 0.0355. The van der Waals surface area contributed by atoms with Crippen molar-refractivity contribution in [3.05, 3.63) is 29.8 Å². The second-order valence-electron chi connectivity index (χ2n) is 5.78. The number of piperidine rings is 1. The molecule has 0 bridgehead atoms. The van der Waals surface area contributed by atoms with Crippen LogP contribution < -0.4 is 4.72 Å². The van der Waals surface area contributed by atoms with Crippen molar-refractivity contribution in [3.8, 4) is 0 Å². The number of sulfonamides is 1. The predicted molar refractivity (Wildman–Crippen MR) is 86.4 cm³/mol. The first-order chi connectivity index (χ1) is 10.8. The van der Waals surface area contributed by atoms with Crippen LogP contribution in [0.15, 0.2) is 29.2 Å². The number of likely N-dealkylation sites (tertiary alicyclic amines) is 1. The van der Waals surface area contributed by atoms with Crippen LogP contribution in [0.1, 0.15) is 25.8 Å². The molecule has 0 radical (unpaired) electrons.